The summed E-state index contributed by atoms with van der Waals surface area (Å²) in [5.74, 6) is -1.07. The maximum absolute atomic E-state index is 14.4. The van der Waals surface area contributed by atoms with Crippen LogP contribution in [0.25, 0.3) is 0 Å². The first-order valence-electron chi connectivity index (χ1n) is 6.89. The molecule has 0 aliphatic rings. The maximum Gasteiger partial charge on any atom is 0.134 e. The molecule has 0 bridgehead atoms. The SMILES string of the molecule is CCNC(c1cc(C)cc(Cl)c1)c1c(F)ccc(C)c1F. The summed E-state index contributed by atoms with van der Waals surface area (Å²) in [4.78, 5) is 0. The Balaban J connectivity index is 2.61. The fraction of sp³-hybridized carbons (Fsp3) is 0.294. The van der Waals surface area contributed by atoms with E-state index in [0.717, 1.165) is 11.1 Å². The molecule has 1 N–H and O–H groups in total. The zero-order chi connectivity index (χ0) is 15.6. The molecule has 4 heteroatoms. The normalized spacial score (nSPS) is 12.5. The topological polar surface area (TPSA) is 12.0 Å². The van der Waals surface area contributed by atoms with Crippen LogP contribution in [0, 0.1) is 25.5 Å². The molecule has 2 rings (SSSR count). The van der Waals surface area contributed by atoms with Crippen molar-refractivity contribution in [2.45, 2.75) is 26.8 Å². The summed E-state index contributed by atoms with van der Waals surface area (Å²) < 4.78 is 28.6. The molecule has 0 heterocycles. The van der Waals surface area contributed by atoms with E-state index in [4.69, 9.17) is 11.6 Å². The molecule has 1 atom stereocenters. The fourth-order valence-corrected chi connectivity index (χ4v) is 2.76. The van der Waals surface area contributed by atoms with Crippen LogP contribution in [0.4, 0.5) is 8.78 Å². The number of nitrogens with one attached hydrogen (secondary N) is 1. The van der Waals surface area contributed by atoms with Crippen molar-refractivity contribution in [3.63, 3.8) is 0 Å². The van der Waals surface area contributed by atoms with Crippen molar-refractivity contribution in [1.29, 1.82) is 0 Å². The highest BCUT2D eigenvalue weighted by Gasteiger charge is 2.23. The monoisotopic (exact) mass is 309 g/mol. The molecule has 0 saturated heterocycles. The van der Waals surface area contributed by atoms with Crippen molar-refractivity contribution in [1.82, 2.24) is 5.32 Å². The zero-order valence-electron chi connectivity index (χ0n) is 12.3. The van der Waals surface area contributed by atoms with Crippen LogP contribution in [0.15, 0.2) is 30.3 Å². The van der Waals surface area contributed by atoms with Crippen molar-refractivity contribution in [2.24, 2.45) is 0 Å². The van der Waals surface area contributed by atoms with Gasteiger partial charge in [0.05, 0.1) is 6.04 Å². The molecule has 0 fully saturated rings. The first-order chi connectivity index (χ1) is 9.93. The van der Waals surface area contributed by atoms with Crippen molar-refractivity contribution in [2.75, 3.05) is 6.54 Å². The number of hydrogen-bond acceptors (Lipinski definition) is 1. The van der Waals surface area contributed by atoms with Gasteiger partial charge in [-0.1, -0.05) is 30.7 Å². The van der Waals surface area contributed by atoms with Gasteiger partial charge < -0.3 is 5.32 Å². The molecular formula is C17H18ClF2N. The largest absolute Gasteiger partial charge is 0.306 e. The van der Waals surface area contributed by atoms with Crippen LogP contribution < -0.4 is 5.32 Å². The summed E-state index contributed by atoms with van der Waals surface area (Å²) in [6.45, 7) is 6.02. The van der Waals surface area contributed by atoms with E-state index < -0.39 is 17.7 Å². The first kappa shape index (κ1) is 15.9. The van der Waals surface area contributed by atoms with Gasteiger partial charge in [0, 0.05) is 10.6 Å². The Kier molecular flexibility index (Phi) is 4.96. The summed E-state index contributed by atoms with van der Waals surface area (Å²) >= 11 is 6.08. The van der Waals surface area contributed by atoms with Crippen LogP contribution in [0.1, 0.15) is 35.2 Å². The Morgan fingerprint density at radius 3 is 2.48 bits per heavy atom. The van der Waals surface area contributed by atoms with Crippen molar-refractivity contribution in [3.8, 4) is 0 Å². The Morgan fingerprint density at radius 2 is 1.86 bits per heavy atom. The second kappa shape index (κ2) is 6.54. The van der Waals surface area contributed by atoms with Crippen LogP contribution in [-0.2, 0) is 0 Å². The molecule has 0 amide bonds. The van der Waals surface area contributed by atoms with Gasteiger partial charge in [0.1, 0.15) is 11.6 Å². The highest BCUT2D eigenvalue weighted by molar-refractivity contribution is 6.30. The lowest BCUT2D eigenvalue weighted by Crippen LogP contribution is -2.24. The van der Waals surface area contributed by atoms with E-state index in [0.29, 0.717) is 17.1 Å². The molecular weight excluding hydrogens is 292 g/mol. The second-order valence-electron chi connectivity index (χ2n) is 5.14. The highest BCUT2D eigenvalue weighted by Crippen LogP contribution is 2.30. The second-order valence-corrected chi connectivity index (χ2v) is 5.58. The third kappa shape index (κ3) is 3.42. The van der Waals surface area contributed by atoms with E-state index in [2.05, 4.69) is 5.32 Å². The summed E-state index contributed by atoms with van der Waals surface area (Å²) in [6, 6.07) is 7.63. The Bertz CT molecular complexity index is 635. The molecule has 0 saturated carbocycles. The maximum atomic E-state index is 14.4. The van der Waals surface area contributed by atoms with Crippen LogP contribution in [0.2, 0.25) is 5.02 Å². The van der Waals surface area contributed by atoms with Crippen LogP contribution in [0.3, 0.4) is 0 Å². The van der Waals surface area contributed by atoms with Gasteiger partial charge in [0.25, 0.3) is 0 Å². The first-order valence-corrected chi connectivity index (χ1v) is 7.26. The number of rotatable bonds is 4. The number of benzene rings is 2. The lowest BCUT2D eigenvalue weighted by molar-refractivity contribution is 0.506. The molecule has 0 radical (unpaired) electrons. The van der Waals surface area contributed by atoms with E-state index in [-0.39, 0.29) is 5.56 Å². The van der Waals surface area contributed by atoms with Gasteiger partial charge in [-0.05, 0) is 55.3 Å². The molecule has 0 aliphatic heterocycles. The predicted molar refractivity (Wildman–Crippen MR) is 82.8 cm³/mol. The quantitative estimate of drug-likeness (QED) is 0.844. The summed E-state index contributed by atoms with van der Waals surface area (Å²) in [7, 11) is 0. The molecule has 1 nitrogen and oxygen atoms in total. The van der Waals surface area contributed by atoms with Crippen LogP contribution >= 0.6 is 11.6 Å². The van der Waals surface area contributed by atoms with E-state index in [1.54, 1.807) is 13.0 Å². The Hall–Kier alpha value is -1.45. The van der Waals surface area contributed by atoms with Gasteiger partial charge in [-0.2, -0.15) is 0 Å². The molecule has 0 aliphatic carbocycles. The standard InChI is InChI=1S/C17H18ClF2N/c1-4-21-17(12-7-10(2)8-13(18)9-12)15-14(19)6-5-11(3)16(15)20/h5-9,17,21H,4H2,1-3H3. The molecule has 0 spiro atoms. The minimum absolute atomic E-state index is 0.0403. The average Bonchev–Trinajstić information content (AvgIpc) is 2.41. The highest BCUT2D eigenvalue weighted by atomic mass is 35.5. The molecule has 2 aromatic carbocycles. The summed E-state index contributed by atoms with van der Waals surface area (Å²) in [5, 5.41) is 3.70. The summed E-state index contributed by atoms with van der Waals surface area (Å²) in [5.41, 5.74) is 2.17. The van der Waals surface area contributed by atoms with Gasteiger partial charge in [-0.15, -0.1) is 0 Å². The summed E-state index contributed by atoms with van der Waals surface area (Å²) in [6.07, 6.45) is 0. The van der Waals surface area contributed by atoms with E-state index >= 15 is 0 Å². The van der Waals surface area contributed by atoms with Crippen molar-refractivity contribution in [3.05, 3.63) is 69.2 Å². The Labute approximate surface area is 128 Å². The van der Waals surface area contributed by atoms with Crippen molar-refractivity contribution < 1.29 is 8.78 Å². The molecule has 112 valence electrons. The van der Waals surface area contributed by atoms with E-state index in [1.807, 2.05) is 26.0 Å². The van der Waals surface area contributed by atoms with Crippen molar-refractivity contribution >= 4 is 11.6 Å². The molecule has 0 aromatic heterocycles. The average molecular weight is 310 g/mol. The third-order valence-electron chi connectivity index (χ3n) is 3.41. The number of hydrogen-bond donors (Lipinski definition) is 1. The molecule has 21 heavy (non-hydrogen) atoms. The van der Waals surface area contributed by atoms with Gasteiger partial charge in [0.2, 0.25) is 0 Å². The fourth-order valence-electron chi connectivity index (χ4n) is 2.46. The molecule has 1 unspecified atom stereocenters. The third-order valence-corrected chi connectivity index (χ3v) is 3.63. The minimum Gasteiger partial charge on any atom is -0.306 e. The Morgan fingerprint density at radius 1 is 1.14 bits per heavy atom. The van der Waals surface area contributed by atoms with Crippen LogP contribution in [0.5, 0.6) is 0 Å². The minimum atomic E-state index is -0.563. The smallest absolute Gasteiger partial charge is 0.134 e. The lowest BCUT2D eigenvalue weighted by Gasteiger charge is -2.21. The van der Waals surface area contributed by atoms with Gasteiger partial charge in [-0.3, -0.25) is 0 Å². The van der Waals surface area contributed by atoms with Gasteiger partial charge in [0.15, 0.2) is 0 Å². The number of aryl methyl sites for hydroxylation is 2. The number of halogens is 3. The predicted octanol–water partition coefficient (Wildman–Crippen LogP) is 4.93. The zero-order valence-corrected chi connectivity index (χ0v) is 13.1. The molecule has 2 aromatic rings. The van der Waals surface area contributed by atoms with Gasteiger partial charge in [-0.25, -0.2) is 8.78 Å². The van der Waals surface area contributed by atoms with E-state index in [9.17, 15) is 8.78 Å². The van der Waals surface area contributed by atoms with Crippen LogP contribution in [-0.4, -0.2) is 6.54 Å². The van der Waals surface area contributed by atoms with E-state index in [1.165, 1.54) is 12.1 Å². The lowest BCUT2D eigenvalue weighted by atomic mass is 9.95. The van der Waals surface area contributed by atoms with Gasteiger partial charge >= 0.3 is 0 Å².